The zero-order valence-electron chi connectivity index (χ0n) is 11.1. The van der Waals surface area contributed by atoms with Gasteiger partial charge in [0, 0.05) is 11.6 Å². The van der Waals surface area contributed by atoms with Crippen LogP contribution in [0.15, 0.2) is 18.2 Å². The third kappa shape index (κ3) is 2.76. The molecule has 0 aliphatic carbocycles. The van der Waals surface area contributed by atoms with Gasteiger partial charge in [-0.15, -0.1) is 0 Å². The fraction of sp³-hybridized carbons (Fsp3) is 0.571. The lowest BCUT2D eigenvalue weighted by molar-refractivity contribution is 0.0603. The van der Waals surface area contributed by atoms with Crippen LogP contribution in [-0.2, 0) is 0 Å². The van der Waals surface area contributed by atoms with Crippen LogP contribution in [-0.4, -0.2) is 30.5 Å². The van der Waals surface area contributed by atoms with Crippen LogP contribution in [0, 0.1) is 0 Å². The van der Waals surface area contributed by atoms with Crippen molar-refractivity contribution in [1.82, 2.24) is 5.32 Å². The molecular formula is C14H21NO3. The minimum Gasteiger partial charge on any atom is -0.491 e. The van der Waals surface area contributed by atoms with Crippen molar-refractivity contribution in [3.8, 4) is 11.5 Å². The Kier molecular flexibility index (Phi) is 4.09. The van der Waals surface area contributed by atoms with Gasteiger partial charge in [0.2, 0.25) is 0 Å². The molecule has 3 atom stereocenters. The van der Waals surface area contributed by atoms with Crippen molar-refractivity contribution in [3.63, 3.8) is 0 Å². The number of rotatable bonds is 5. The first-order valence-electron chi connectivity index (χ1n) is 6.46. The lowest BCUT2D eigenvalue weighted by Gasteiger charge is -2.17. The zero-order valence-corrected chi connectivity index (χ0v) is 11.1. The molecule has 3 unspecified atom stereocenters. The van der Waals surface area contributed by atoms with Crippen molar-refractivity contribution in [3.05, 3.63) is 23.8 Å². The van der Waals surface area contributed by atoms with E-state index in [9.17, 15) is 5.11 Å². The van der Waals surface area contributed by atoms with Gasteiger partial charge in [-0.2, -0.15) is 0 Å². The van der Waals surface area contributed by atoms with Gasteiger partial charge in [-0.25, -0.2) is 0 Å². The fourth-order valence-corrected chi connectivity index (χ4v) is 1.99. The minimum absolute atomic E-state index is 0.228. The summed E-state index contributed by atoms with van der Waals surface area (Å²) in [6, 6.07) is 6.12. The number of nitrogens with one attached hydrogen (secondary N) is 1. The van der Waals surface area contributed by atoms with Crippen molar-refractivity contribution in [1.29, 1.82) is 0 Å². The number of hydrogen-bond donors (Lipinski definition) is 2. The molecule has 1 aromatic rings. The molecule has 0 fully saturated rings. The molecule has 0 bridgehead atoms. The van der Waals surface area contributed by atoms with Crippen molar-refractivity contribution >= 4 is 0 Å². The van der Waals surface area contributed by atoms with Gasteiger partial charge in [0.15, 0.2) is 0 Å². The van der Waals surface area contributed by atoms with Crippen molar-refractivity contribution in [2.24, 2.45) is 0 Å². The second-order valence-corrected chi connectivity index (χ2v) is 4.68. The quantitative estimate of drug-likeness (QED) is 0.839. The van der Waals surface area contributed by atoms with Gasteiger partial charge in [0.25, 0.3) is 0 Å². The molecular weight excluding hydrogens is 230 g/mol. The van der Waals surface area contributed by atoms with Crippen LogP contribution in [0.5, 0.6) is 11.5 Å². The van der Waals surface area contributed by atoms with E-state index in [-0.39, 0.29) is 12.1 Å². The Balaban J connectivity index is 2.09. The fourth-order valence-electron chi connectivity index (χ4n) is 1.99. The van der Waals surface area contributed by atoms with Crippen LogP contribution in [0.4, 0.5) is 0 Å². The number of aliphatic hydroxyl groups is 1. The molecule has 0 spiro atoms. The van der Waals surface area contributed by atoms with Crippen LogP contribution < -0.4 is 14.8 Å². The van der Waals surface area contributed by atoms with E-state index in [0.29, 0.717) is 6.61 Å². The van der Waals surface area contributed by atoms with Crippen molar-refractivity contribution in [2.45, 2.75) is 39.0 Å². The molecule has 4 nitrogen and oxygen atoms in total. The summed E-state index contributed by atoms with van der Waals surface area (Å²) in [5.41, 5.74) is 1.17. The Hall–Kier alpha value is -1.26. The summed E-state index contributed by atoms with van der Waals surface area (Å²) in [5, 5.41) is 12.8. The maximum Gasteiger partial charge on any atom is 0.128 e. The number of benzene rings is 1. The Bertz CT molecular complexity index is 406. The highest BCUT2D eigenvalue weighted by atomic mass is 16.5. The number of likely N-dealkylation sites (N-methyl/N-ethyl adjacent to an activating group) is 1. The van der Waals surface area contributed by atoms with Crippen LogP contribution in [0.1, 0.15) is 32.4 Å². The Morgan fingerprint density at radius 3 is 2.94 bits per heavy atom. The van der Waals surface area contributed by atoms with Crippen molar-refractivity contribution in [2.75, 3.05) is 13.2 Å². The highest BCUT2D eigenvalue weighted by Gasteiger charge is 2.24. The molecule has 4 heteroatoms. The number of aliphatic hydroxyl groups excluding tert-OH is 1. The molecule has 18 heavy (non-hydrogen) atoms. The molecule has 0 saturated carbocycles. The lowest BCUT2D eigenvalue weighted by atomic mass is 10.1. The molecule has 0 aromatic heterocycles. The summed E-state index contributed by atoms with van der Waals surface area (Å²) in [6.45, 7) is 7.24. The van der Waals surface area contributed by atoms with E-state index in [2.05, 4.69) is 12.2 Å². The summed E-state index contributed by atoms with van der Waals surface area (Å²) in [4.78, 5) is 0. The van der Waals surface area contributed by atoms with Gasteiger partial charge < -0.3 is 19.9 Å². The summed E-state index contributed by atoms with van der Waals surface area (Å²) in [5.74, 6) is 1.61. The van der Waals surface area contributed by atoms with Gasteiger partial charge in [-0.05, 0) is 32.5 Å². The molecule has 100 valence electrons. The lowest BCUT2D eigenvalue weighted by Crippen LogP contribution is -2.25. The van der Waals surface area contributed by atoms with Crippen LogP contribution in [0.2, 0.25) is 0 Å². The molecule has 0 amide bonds. The molecule has 0 radical (unpaired) electrons. The molecule has 1 aliphatic rings. The third-order valence-corrected chi connectivity index (χ3v) is 3.22. The topological polar surface area (TPSA) is 50.7 Å². The van der Waals surface area contributed by atoms with Gasteiger partial charge in [-0.3, -0.25) is 0 Å². The van der Waals surface area contributed by atoms with Crippen LogP contribution in [0.3, 0.4) is 0 Å². The maximum atomic E-state index is 9.42. The average molecular weight is 251 g/mol. The van der Waals surface area contributed by atoms with E-state index in [4.69, 9.17) is 9.47 Å². The Morgan fingerprint density at radius 2 is 2.28 bits per heavy atom. The first kappa shape index (κ1) is 13.2. The standard InChI is InChI=1S/C14H21NO3/c1-4-15-13-8-17-14-7-11(5-6-12(13)14)18-10(3)9(2)16/h5-7,9-10,13,15-16H,4,8H2,1-3H3. The minimum atomic E-state index is -0.492. The molecule has 1 heterocycles. The molecule has 2 N–H and O–H groups in total. The van der Waals surface area contributed by atoms with E-state index < -0.39 is 6.10 Å². The highest BCUT2D eigenvalue weighted by molar-refractivity contribution is 5.45. The summed E-state index contributed by atoms with van der Waals surface area (Å²) in [7, 11) is 0. The molecule has 1 aliphatic heterocycles. The summed E-state index contributed by atoms with van der Waals surface area (Å²) >= 11 is 0. The first-order valence-corrected chi connectivity index (χ1v) is 6.46. The number of ether oxygens (including phenoxy) is 2. The number of hydrogen-bond acceptors (Lipinski definition) is 4. The first-order chi connectivity index (χ1) is 8.61. The second-order valence-electron chi connectivity index (χ2n) is 4.68. The van der Waals surface area contributed by atoms with Gasteiger partial charge >= 0.3 is 0 Å². The van der Waals surface area contributed by atoms with E-state index in [0.717, 1.165) is 18.0 Å². The third-order valence-electron chi connectivity index (χ3n) is 3.22. The van der Waals surface area contributed by atoms with E-state index in [1.54, 1.807) is 6.92 Å². The Morgan fingerprint density at radius 1 is 1.50 bits per heavy atom. The maximum absolute atomic E-state index is 9.42. The summed E-state index contributed by atoms with van der Waals surface area (Å²) in [6.07, 6.45) is -0.720. The van der Waals surface area contributed by atoms with Gasteiger partial charge in [0.05, 0.1) is 12.1 Å². The number of fused-ring (bicyclic) bond motifs is 1. The second kappa shape index (κ2) is 5.59. The SMILES string of the molecule is CCNC1COc2cc(OC(C)C(C)O)ccc21. The van der Waals surface area contributed by atoms with Gasteiger partial charge in [0.1, 0.15) is 24.2 Å². The molecule has 2 rings (SSSR count). The zero-order chi connectivity index (χ0) is 13.1. The summed E-state index contributed by atoms with van der Waals surface area (Å²) < 4.78 is 11.3. The average Bonchev–Trinajstić information content (AvgIpc) is 2.72. The molecule has 1 aromatic carbocycles. The van der Waals surface area contributed by atoms with E-state index >= 15 is 0 Å². The Labute approximate surface area is 108 Å². The van der Waals surface area contributed by atoms with E-state index in [1.807, 2.05) is 25.1 Å². The normalized spacial score (nSPS) is 21.0. The van der Waals surface area contributed by atoms with Crippen LogP contribution in [0.25, 0.3) is 0 Å². The smallest absolute Gasteiger partial charge is 0.128 e. The van der Waals surface area contributed by atoms with E-state index in [1.165, 1.54) is 5.56 Å². The van der Waals surface area contributed by atoms with Crippen molar-refractivity contribution < 1.29 is 14.6 Å². The monoisotopic (exact) mass is 251 g/mol. The highest BCUT2D eigenvalue weighted by Crippen LogP contribution is 2.35. The van der Waals surface area contributed by atoms with Crippen LogP contribution >= 0.6 is 0 Å². The largest absolute Gasteiger partial charge is 0.491 e. The van der Waals surface area contributed by atoms with Gasteiger partial charge in [-0.1, -0.05) is 6.92 Å². The predicted molar refractivity (Wildman–Crippen MR) is 70.1 cm³/mol. The predicted octanol–water partition coefficient (Wildman–Crippen LogP) is 1.88. The molecule has 0 saturated heterocycles.